The Morgan fingerprint density at radius 1 is 1.00 bits per heavy atom. The molecule has 14 heavy (non-hydrogen) atoms. The van der Waals surface area contributed by atoms with Crippen LogP contribution in [0, 0.1) is 5.82 Å². The number of rotatable bonds is 2. The SMILES string of the molecule is OCCc1ccc(F)c2ccccc12. The molecule has 1 nitrogen and oxygen atoms in total. The van der Waals surface area contributed by atoms with Gasteiger partial charge < -0.3 is 5.11 Å². The molecule has 0 atom stereocenters. The molecule has 0 heterocycles. The summed E-state index contributed by atoms with van der Waals surface area (Å²) in [5.41, 5.74) is 0.990. The zero-order valence-electron chi connectivity index (χ0n) is 7.70. The predicted molar refractivity (Wildman–Crippen MR) is 54.7 cm³/mol. The first-order valence-electron chi connectivity index (χ1n) is 4.60. The van der Waals surface area contributed by atoms with Crippen LogP contribution in [0.3, 0.4) is 0 Å². The van der Waals surface area contributed by atoms with Crippen LogP contribution in [0.15, 0.2) is 36.4 Å². The third-order valence-electron chi connectivity index (χ3n) is 2.34. The maximum Gasteiger partial charge on any atom is 0.131 e. The van der Waals surface area contributed by atoms with Crippen LogP contribution in [0.2, 0.25) is 0 Å². The van der Waals surface area contributed by atoms with Crippen LogP contribution in [0.5, 0.6) is 0 Å². The molecule has 2 heteroatoms. The Balaban J connectivity index is 2.68. The number of benzene rings is 2. The predicted octanol–water partition coefficient (Wildman–Crippen LogP) is 2.51. The topological polar surface area (TPSA) is 20.2 Å². The van der Waals surface area contributed by atoms with Gasteiger partial charge in [-0.05, 0) is 23.4 Å². The molecule has 0 fully saturated rings. The molecule has 2 aromatic carbocycles. The van der Waals surface area contributed by atoms with Gasteiger partial charge in [0.05, 0.1) is 0 Å². The van der Waals surface area contributed by atoms with Gasteiger partial charge in [-0.1, -0.05) is 30.3 Å². The van der Waals surface area contributed by atoms with Crippen molar-refractivity contribution in [3.8, 4) is 0 Å². The normalized spacial score (nSPS) is 10.7. The van der Waals surface area contributed by atoms with Gasteiger partial charge in [0.1, 0.15) is 5.82 Å². The molecule has 0 aromatic heterocycles. The van der Waals surface area contributed by atoms with Crippen molar-refractivity contribution in [1.29, 1.82) is 0 Å². The number of hydrogen-bond donors (Lipinski definition) is 1. The van der Waals surface area contributed by atoms with E-state index in [-0.39, 0.29) is 12.4 Å². The summed E-state index contributed by atoms with van der Waals surface area (Å²) in [4.78, 5) is 0. The first-order chi connectivity index (χ1) is 6.83. The lowest BCUT2D eigenvalue weighted by Crippen LogP contribution is -1.93. The second-order valence-electron chi connectivity index (χ2n) is 3.23. The number of halogens is 1. The van der Waals surface area contributed by atoms with Crippen molar-refractivity contribution in [1.82, 2.24) is 0 Å². The molecule has 2 rings (SSSR count). The number of aliphatic hydroxyl groups excluding tert-OH is 1. The Morgan fingerprint density at radius 3 is 2.43 bits per heavy atom. The maximum atomic E-state index is 13.3. The summed E-state index contributed by atoms with van der Waals surface area (Å²) in [7, 11) is 0. The van der Waals surface area contributed by atoms with E-state index in [1.165, 1.54) is 6.07 Å². The van der Waals surface area contributed by atoms with E-state index in [0.717, 1.165) is 10.9 Å². The van der Waals surface area contributed by atoms with Crippen molar-refractivity contribution in [3.63, 3.8) is 0 Å². The fraction of sp³-hybridized carbons (Fsp3) is 0.167. The fourth-order valence-corrected chi connectivity index (χ4v) is 1.66. The number of fused-ring (bicyclic) bond motifs is 1. The average molecular weight is 190 g/mol. The molecule has 0 aliphatic carbocycles. The summed E-state index contributed by atoms with van der Waals surface area (Å²) in [6.45, 7) is 0.0929. The van der Waals surface area contributed by atoms with Gasteiger partial charge in [-0.15, -0.1) is 0 Å². The lowest BCUT2D eigenvalue weighted by molar-refractivity contribution is 0.300. The summed E-state index contributed by atoms with van der Waals surface area (Å²) in [5, 5.41) is 10.4. The zero-order chi connectivity index (χ0) is 9.97. The molecule has 0 radical (unpaired) electrons. The minimum atomic E-state index is -0.206. The minimum absolute atomic E-state index is 0.0929. The third kappa shape index (κ3) is 1.49. The largest absolute Gasteiger partial charge is 0.396 e. The van der Waals surface area contributed by atoms with Crippen LogP contribution in [0.1, 0.15) is 5.56 Å². The van der Waals surface area contributed by atoms with E-state index in [9.17, 15) is 4.39 Å². The summed E-state index contributed by atoms with van der Waals surface area (Å²) >= 11 is 0. The maximum absolute atomic E-state index is 13.3. The summed E-state index contributed by atoms with van der Waals surface area (Å²) in [6.07, 6.45) is 0.570. The molecule has 72 valence electrons. The lowest BCUT2D eigenvalue weighted by atomic mass is 10.0. The van der Waals surface area contributed by atoms with Gasteiger partial charge in [0, 0.05) is 12.0 Å². The molecule has 1 N–H and O–H groups in total. The van der Waals surface area contributed by atoms with Crippen LogP contribution >= 0.6 is 0 Å². The van der Waals surface area contributed by atoms with Gasteiger partial charge in [0.25, 0.3) is 0 Å². The Morgan fingerprint density at radius 2 is 1.71 bits per heavy atom. The van der Waals surface area contributed by atoms with E-state index >= 15 is 0 Å². The average Bonchev–Trinajstić information content (AvgIpc) is 2.23. The molecule has 0 aliphatic rings. The van der Waals surface area contributed by atoms with E-state index in [4.69, 9.17) is 5.11 Å². The van der Waals surface area contributed by atoms with E-state index < -0.39 is 0 Å². The highest BCUT2D eigenvalue weighted by atomic mass is 19.1. The first-order valence-corrected chi connectivity index (χ1v) is 4.60. The second kappa shape index (κ2) is 3.76. The second-order valence-corrected chi connectivity index (χ2v) is 3.23. The quantitative estimate of drug-likeness (QED) is 0.771. The van der Waals surface area contributed by atoms with E-state index in [1.807, 2.05) is 18.2 Å². The lowest BCUT2D eigenvalue weighted by Gasteiger charge is -2.05. The Hall–Kier alpha value is -1.41. The van der Waals surface area contributed by atoms with Crippen molar-refractivity contribution < 1.29 is 9.50 Å². The standard InChI is InChI=1S/C12H11FO/c13-12-6-5-9(7-8-14)10-3-1-2-4-11(10)12/h1-6,14H,7-8H2. The Labute approximate surface area is 81.8 Å². The summed E-state index contributed by atoms with van der Waals surface area (Å²) in [6, 6.07) is 10.5. The van der Waals surface area contributed by atoms with Gasteiger partial charge >= 0.3 is 0 Å². The molecule has 0 unspecified atom stereocenters. The Kier molecular flexibility index (Phi) is 2.46. The van der Waals surface area contributed by atoms with Crippen LogP contribution in [0.4, 0.5) is 4.39 Å². The summed E-state index contributed by atoms with van der Waals surface area (Å²) < 4.78 is 13.3. The molecule has 0 amide bonds. The third-order valence-corrected chi connectivity index (χ3v) is 2.34. The zero-order valence-corrected chi connectivity index (χ0v) is 7.70. The van der Waals surface area contributed by atoms with Gasteiger partial charge in [-0.25, -0.2) is 4.39 Å². The van der Waals surface area contributed by atoms with Crippen molar-refractivity contribution in [2.75, 3.05) is 6.61 Å². The van der Waals surface area contributed by atoms with E-state index in [2.05, 4.69) is 0 Å². The first kappa shape index (κ1) is 9.16. The molecule has 0 saturated carbocycles. The smallest absolute Gasteiger partial charge is 0.131 e. The van der Waals surface area contributed by atoms with Crippen molar-refractivity contribution in [2.24, 2.45) is 0 Å². The molecule has 0 aliphatic heterocycles. The van der Waals surface area contributed by atoms with E-state index in [0.29, 0.717) is 11.8 Å². The molecule has 0 saturated heterocycles. The van der Waals surface area contributed by atoms with Crippen LogP contribution in [-0.2, 0) is 6.42 Å². The molecular formula is C12H11FO. The molecule has 0 spiro atoms. The number of hydrogen-bond acceptors (Lipinski definition) is 1. The van der Waals surface area contributed by atoms with Crippen molar-refractivity contribution >= 4 is 10.8 Å². The molecule has 2 aromatic rings. The van der Waals surface area contributed by atoms with Crippen LogP contribution in [-0.4, -0.2) is 11.7 Å². The minimum Gasteiger partial charge on any atom is -0.396 e. The Bertz CT molecular complexity index is 451. The van der Waals surface area contributed by atoms with Gasteiger partial charge in [-0.3, -0.25) is 0 Å². The van der Waals surface area contributed by atoms with E-state index in [1.54, 1.807) is 12.1 Å². The molecular weight excluding hydrogens is 179 g/mol. The highest BCUT2D eigenvalue weighted by molar-refractivity contribution is 5.86. The van der Waals surface area contributed by atoms with Crippen LogP contribution < -0.4 is 0 Å². The van der Waals surface area contributed by atoms with Gasteiger partial charge in [0.15, 0.2) is 0 Å². The fourth-order valence-electron chi connectivity index (χ4n) is 1.66. The highest BCUT2D eigenvalue weighted by Gasteiger charge is 2.03. The van der Waals surface area contributed by atoms with Crippen LogP contribution in [0.25, 0.3) is 10.8 Å². The van der Waals surface area contributed by atoms with Gasteiger partial charge in [-0.2, -0.15) is 0 Å². The summed E-state index contributed by atoms with van der Waals surface area (Å²) in [5.74, 6) is -0.206. The van der Waals surface area contributed by atoms with Crippen molar-refractivity contribution in [2.45, 2.75) is 6.42 Å². The van der Waals surface area contributed by atoms with Crippen molar-refractivity contribution in [3.05, 3.63) is 47.8 Å². The highest BCUT2D eigenvalue weighted by Crippen LogP contribution is 2.21. The molecule has 0 bridgehead atoms. The van der Waals surface area contributed by atoms with Gasteiger partial charge in [0.2, 0.25) is 0 Å². The monoisotopic (exact) mass is 190 g/mol. The number of aliphatic hydroxyl groups is 1.